The van der Waals surface area contributed by atoms with Crippen LogP contribution in [0.4, 0.5) is 8.78 Å². The van der Waals surface area contributed by atoms with Crippen molar-refractivity contribution in [3.63, 3.8) is 0 Å². The number of carbonyl (C=O) groups is 1. The minimum atomic E-state index is -1.06. The molecule has 4 rings (SSSR count). The highest BCUT2D eigenvalue weighted by Crippen LogP contribution is 2.25. The van der Waals surface area contributed by atoms with Gasteiger partial charge in [-0.25, -0.2) is 8.78 Å². The third kappa shape index (κ3) is 6.90. The second-order valence-electron chi connectivity index (χ2n) is 9.26. The molecule has 1 amide bonds. The Labute approximate surface area is 220 Å². The van der Waals surface area contributed by atoms with Gasteiger partial charge < -0.3 is 20.3 Å². The molecule has 0 unspecified atom stereocenters. The van der Waals surface area contributed by atoms with E-state index in [1.54, 1.807) is 6.92 Å². The normalized spacial score (nSPS) is 12.8. The lowest BCUT2D eigenvalue weighted by atomic mass is 9.99. The molecular weight excluding hydrogens is 488 g/mol. The number of nitrogens with zero attached hydrogens (tertiary/aromatic N) is 1. The van der Waals surface area contributed by atoms with Crippen molar-refractivity contribution in [3.8, 4) is 11.3 Å². The van der Waals surface area contributed by atoms with E-state index >= 15 is 0 Å². The Morgan fingerprint density at radius 2 is 1.68 bits per heavy atom. The van der Waals surface area contributed by atoms with Crippen molar-refractivity contribution in [3.05, 3.63) is 112 Å². The summed E-state index contributed by atoms with van der Waals surface area (Å²) in [7, 11) is 0. The zero-order chi connectivity index (χ0) is 27.1. The molecular formula is C30H31F2N3O3. The van der Waals surface area contributed by atoms with E-state index in [1.807, 2.05) is 42.5 Å². The quantitative estimate of drug-likeness (QED) is 0.260. The third-order valence-electron chi connectivity index (χ3n) is 6.38. The van der Waals surface area contributed by atoms with E-state index in [4.69, 9.17) is 4.52 Å². The lowest BCUT2D eigenvalue weighted by Crippen LogP contribution is -2.48. The van der Waals surface area contributed by atoms with Gasteiger partial charge in [0.25, 0.3) is 5.91 Å². The van der Waals surface area contributed by atoms with Crippen LogP contribution in [0.3, 0.4) is 0 Å². The fraction of sp³-hybridized carbons (Fsp3) is 0.267. The Balaban J connectivity index is 1.53. The summed E-state index contributed by atoms with van der Waals surface area (Å²) in [5.41, 5.74) is 3.91. The van der Waals surface area contributed by atoms with Crippen LogP contribution in [0.5, 0.6) is 0 Å². The van der Waals surface area contributed by atoms with E-state index in [0.717, 1.165) is 18.1 Å². The Kier molecular flexibility index (Phi) is 8.99. The van der Waals surface area contributed by atoms with E-state index in [2.05, 4.69) is 34.8 Å². The maximum Gasteiger partial charge on any atom is 0.257 e. The van der Waals surface area contributed by atoms with Gasteiger partial charge in [0.15, 0.2) is 0 Å². The standard InChI is InChI=1S/C30H31F2N3O3/c1-3-20-8-7-9-21(12-20)17-33-18-27(36)26(15-22-13-24(31)16-25(32)14-22)34-30(37)28-19(2)38-35-29(28)23-10-5-4-6-11-23/h4-14,16,26-27,33,36H,3,15,17-18H2,1-2H3,(H,34,37)/t26-,27+/m0/s1. The summed E-state index contributed by atoms with van der Waals surface area (Å²) in [6.45, 7) is 4.38. The number of carbonyl (C=O) groups excluding carboxylic acids is 1. The Morgan fingerprint density at radius 3 is 2.39 bits per heavy atom. The fourth-order valence-corrected chi connectivity index (χ4v) is 4.41. The summed E-state index contributed by atoms with van der Waals surface area (Å²) in [6, 6.07) is 19.6. The van der Waals surface area contributed by atoms with Crippen molar-refractivity contribution in [2.75, 3.05) is 6.54 Å². The highest BCUT2D eigenvalue weighted by molar-refractivity contribution is 6.01. The minimum Gasteiger partial charge on any atom is -0.390 e. The van der Waals surface area contributed by atoms with Crippen molar-refractivity contribution >= 4 is 5.91 Å². The number of hydrogen-bond acceptors (Lipinski definition) is 5. The molecule has 38 heavy (non-hydrogen) atoms. The van der Waals surface area contributed by atoms with Crippen LogP contribution in [-0.2, 0) is 19.4 Å². The number of aromatic nitrogens is 1. The van der Waals surface area contributed by atoms with Gasteiger partial charge in [0.2, 0.25) is 0 Å². The molecule has 0 spiro atoms. The van der Waals surface area contributed by atoms with Crippen molar-refractivity contribution in [1.29, 1.82) is 0 Å². The summed E-state index contributed by atoms with van der Waals surface area (Å²) < 4.78 is 33.1. The minimum absolute atomic E-state index is 0.0135. The van der Waals surface area contributed by atoms with Crippen molar-refractivity contribution in [2.24, 2.45) is 0 Å². The van der Waals surface area contributed by atoms with Gasteiger partial charge in [-0.2, -0.15) is 0 Å². The molecule has 1 aromatic heterocycles. The Morgan fingerprint density at radius 1 is 0.974 bits per heavy atom. The number of aliphatic hydroxyl groups excluding tert-OH is 1. The number of aryl methyl sites for hydroxylation is 2. The van der Waals surface area contributed by atoms with Gasteiger partial charge in [0.05, 0.1) is 12.1 Å². The predicted molar refractivity (Wildman–Crippen MR) is 142 cm³/mol. The molecule has 0 radical (unpaired) electrons. The van der Waals surface area contributed by atoms with Crippen LogP contribution >= 0.6 is 0 Å². The number of rotatable bonds is 11. The lowest BCUT2D eigenvalue weighted by molar-refractivity contribution is 0.0829. The van der Waals surface area contributed by atoms with Crippen LogP contribution < -0.4 is 10.6 Å². The number of hydrogen-bond donors (Lipinski definition) is 3. The van der Waals surface area contributed by atoms with Gasteiger partial charge in [-0.3, -0.25) is 4.79 Å². The third-order valence-corrected chi connectivity index (χ3v) is 6.38. The molecule has 0 fully saturated rings. The molecule has 0 saturated carbocycles. The molecule has 0 aliphatic heterocycles. The van der Waals surface area contributed by atoms with Crippen LogP contribution in [0.15, 0.2) is 77.3 Å². The highest BCUT2D eigenvalue weighted by Gasteiger charge is 2.27. The maximum absolute atomic E-state index is 13.9. The van der Waals surface area contributed by atoms with Crippen LogP contribution in [0, 0.1) is 18.6 Å². The first-order valence-electron chi connectivity index (χ1n) is 12.6. The first kappa shape index (κ1) is 27.2. The summed E-state index contributed by atoms with van der Waals surface area (Å²) >= 11 is 0. The topological polar surface area (TPSA) is 87.4 Å². The summed E-state index contributed by atoms with van der Waals surface area (Å²) in [5, 5.41) is 21.2. The molecule has 8 heteroatoms. The van der Waals surface area contributed by atoms with Gasteiger partial charge >= 0.3 is 0 Å². The Bertz CT molecular complexity index is 1350. The lowest BCUT2D eigenvalue weighted by Gasteiger charge is -2.25. The molecule has 198 valence electrons. The summed E-state index contributed by atoms with van der Waals surface area (Å²) in [6.07, 6.45) is -0.123. The van der Waals surface area contributed by atoms with Crippen LogP contribution in [0.1, 0.15) is 39.7 Å². The molecule has 0 aliphatic rings. The number of benzene rings is 3. The molecule has 3 N–H and O–H groups in total. The van der Waals surface area contributed by atoms with Crippen molar-refractivity contribution < 1.29 is 23.2 Å². The molecule has 4 aromatic rings. The number of aliphatic hydroxyl groups is 1. The Hall–Kier alpha value is -3.88. The van der Waals surface area contributed by atoms with E-state index in [0.29, 0.717) is 29.1 Å². The zero-order valence-corrected chi connectivity index (χ0v) is 21.4. The van der Waals surface area contributed by atoms with Crippen LogP contribution in [0.25, 0.3) is 11.3 Å². The zero-order valence-electron chi connectivity index (χ0n) is 21.4. The SMILES string of the molecule is CCc1cccc(CNC[C@@H](O)[C@H](Cc2cc(F)cc(F)c2)NC(=O)c2c(-c3ccccc3)noc2C)c1. The first-order valence-corrected chi connectivity index (χ1v) is 12.6. The number of halogens is 2. The summed E-state index contributed by atoms with van der Waals surface area (Å²) in [5.74, 6) is -1.64. The first-order chi connectivity index (χ1) is 18.3. The molecule has 0 aliphatic carbocycles. The monoisotopic (exact) mass is 519 g/mol. The van der Waals surface area contributed by atoms with Gasteiger partial charge in [0.1, 0.15) is 28.7 Å². The average molecular weight is 520 g/mol. The van der Waals surface area contributed by atoms with Crippen LogP contribution in [-0.4, -0.2) is 34.9 Å². The molecule has 1 heterocycles. The molecule has 6 nitrogen and oxygen atoms in total. The van der Waals surface area contributed by atoms with E-state index < -0.39 is 29.7 Å². The molecule has 2 atom stereocenters. The van der Waals surface area contributed by atoms with E-state index in [-0.39, 0.29) is 18.5 Å². The smallest absolute Gasteiger partial charge is 0.257 e. The number of nitrogens with one attached hydrogen (secondary N) is 2. The maximum atomic E-state index is 13.9. The predicted octanol–water partition coefficient (Wildman–Crippen LogP) is 4.98. The molecule has 0 bridgehead atoms. The highest BCUT2D eigenvalue weighted by atomic mass is 19.1. The second kappa shape index (κ2) is 12.6. The van der Waals surface area contributed by atoms with Crippen LogP contribution in [0.2, 0.25) is 0 Å². The second-order valence-corrected chi connectivity index (χ2v) is 9.26. The van der Waals surface area contributed by atoms with Gasteiger partial charge in [0, 0.05) is 24.7 Å². The summed E-state index contributed by atoms with van der Waals surface area (Å²) in [4.78, 5) is 13.4. The van der Waals surface area contributed by atoms with E-state index in [1.165, 1.54) is 17.7 Å². The largest absolute Gasteiger partial charge is 0.390 e. The van der Waals surface area contributed by atoms with Gasteiger partial charge in [-0.1, -0.05) is 66.7 Å². The molecule has 3 aromatic carbocycles. The fourth-order valence-electron chi connectivity index (χ4n) is 4.41. The van der Waals surface area contributed by atoms with E-state index in [9.17, 15) is 18.7 Å². The number of amides is 1. The average Bonchev–Trinajstić information content (AvgIpc) is 3.29. The van der Waals surface area contributed by atoms with Gasteiger partial charge in [-0.15, -0.1) is 0 Å². The molecule has 0 saturated heterocycles. The van der Waals surface area contributed by atoms with Crippen molar-refractivity contribution in [2.45, 2.75) is 45.4 Å². The van der Waals surface area contributed by atoms with Crippen molar-refractivity contribution in [1.82, 2.24) is 15.8 Å². The van der Waals surface area contributed by atoms with Gasteiger partial charge in [-0.05, 0) is 48.6 Å².